The highest BCUT2D eigenvalue weighted by Crippen LogP contribution is 2.60. The van der Waals surface area contributed by atoms with Gasteiger partial charge in [0.15, 0.2) is 0 Å². The molecule has 3 aromatic carbocycles. The number of benzene rings is 3. The van der Waals surface area contributed by atoms with Crippen LogP contribution in [0.25, 0.3) is 0 Å². The smallest absolute Gasteiger partial charge is 0.310 e. The van der Waals surface area contributed by atoms with E-state index < -0.39 is 29.6 Å². The number of carbonyl (C=O) groups excluding carboxylic acids is 1. The van der Waals surface area contributed by atoms with E-state index in [1.165, 1.54) is 11.1 Å². The van der Waals surface area contributed by atoms with E-state index in [0.717, 1.165) is 0 Å². The number of carboxylic acids is 1. The summed E-state index contributed by atoms with van der Waals surface area (Å²) in [7, 11) is 3.10. The number of rotatable bonds is 7. The first-order chi connectivity index (χ1) is 17.0. The molecule has 0 saturated heterocycles. The van der Waals surface area contributed by atoms with E-state index in [9.17, 15) is 14.7 Å². The van der Waals surface area contributed by atoms with Gasteiger partial charge in [0, 0.05) is 24.7 Å². The molecule has 0 spiro atoms. The number of para-hydroxylation sites is 2. The van der Waals surface area contributed by atoms with Gasteiger partial charge in [-0.25, -0.2) is 0 Å². The normalized spacial score (nSPS) is 23.1. The van der Waals surface area contributed by atoms with Crippen LogP contribution in [0.5, 0.6) is 11.5 Å². The largest absolute Gasteiger partial charge is 0.496 e. The zero-order valence-electron chi connectivity index (χ0n) is 19.7. The van der Waals surface area contributed by atoms with Crippen molar-refractivity contribution in [3.05, 3.63) is 95.1 Å². The number of carbonyl (C=O) groups is 2. The Hall–Kier alpha value is -3.80. The van der Waals surface area contributed by atoms with Gasteiger partial charge in [-0.1, -0.05) is 60.7 Å². The molecule has 3 aromatic rings. The molecule has 2 atom stereocenters. The third-order valence-corrected chi connectivity index (χ3v) is 7.40. The first-order valence-electron chi connectivity index (χ1n) is 11.8. The van der Waals surface area contributed by atoms with Gasteiger partial charge in [0.2, 0.25) is 0 Å². The molecule has 2 unspecified atom stereocenters. The van der Waals surface area contributed by atoms with Crippen molar-refractivity contribution in [1.29, 1.82) is 0 Å². The molecular weight excluding hydrogens is 444 g/mol. The Morgan fingerprint density at radius 2 is 1.17 bits per heavy atom. The van der Waals surface area contributed by atoms with E-state index in [0.29, 0.717) is 35.5 Å². The molecule has 1 N–H and O–H groups in total. The van der Waals surface area contributed by atoms with Crippen LogP contribution in [0.2, 0.25) is 0 Å². The van der Waals surface area contributed by atoms with Crippen molar-refractivity contribution in [2.75, 3.05) is 14.2 Å². The third-order valence-electron chi connectivity index (χ3n) is 7.40. The number of fused-ring (bicyclic) bond motifs is 1. The van der Waals surface area contributed by atoms with Gasteiger partial charge in [0.25, 0.3) is 0 Å². The molecule has 2 aliphatic carbocycles. The molecule has 6 heteroatoms. The van der Waals surface area contributed by atoms with Crippen LogP contribution in [0.15, 0.2) is 72.8 Å². The molecule has 1 fully saturated rings. The number of carboxylic acid groups (broad SMARTS) is 1. The third kappa shape index (κ3) is 4.03. The van der Waals surface area contributed by atoms with E-state index in [1.54, 1.807) is 26.4 Å². The average molecular weight is 473 g/mol. The van der Waals surface area contributed by atoms with Gasteiger partial charge >= 0.3 is 11.9 Å². The summed E-state index contributed by atoms with van der Waals surface area (Å²) in [6.07, 6.45) is 1.06. The van der Waals surface area contributed by atoms with Crippen LogP contribution in [-0.2, 0) is 27.2 Å². The summed E-state index contributed by atoms with van der Waals surface area (Å²) in [5.74, 6) is -2.92. The molecule has 0 aliphatic heterocycles. The summed E-state index contributed by atoms with van der Waals surface area (Å²) in [6, 6.07) is 22.7. The molecule has 0 aromatic heterocycles. The first-order valence-corrected chi connectivity index (χ1v) is 11.8. The highest BCUT2D eigenvalue weighted by atomic mass is 16.5. The molecule has 2 aliphatic rings. The number of hydrogen-bond acceptors (Lipinski definition) is 5. The Balaban J connectivity index is 1.53. The monoisotopic (exact) mass is 472 g/mol. The van der Waals surface area contributed by atoms with E-state index >= 15 is 0 Å². The maximum absolute atomic E-state index is 13.8. The molecule has 0 radical (unpaired) electrons. The van der Waals surface area contributed by atoms with Crippen molar-refractivity contribution >= 4 is 11.9 Å². The molecule has 6 nitrogen and oxygen atoms in total. The van der Waals surface area contributed by atoms with E-state index in [1.807, 2.05) is 48.5 Å². The van der Waals surface area contributed by atoms with Gasteiger partial charge in [0.1, 0.15) is 17.6 Å². The zero-order valence-corrected chi connectivity index (χ0v) is 19.7. The highest BCUT2D eigenvalue weighted by molar-refractivity contribution is 5.85. The summed E-state index contributed by atoms with van der Waals surface area (Å²) < 4.78 is 17.2. The topological polar surface area (TPSA) is 82.1 Å². The summed E-state index contributed by atoms with van der Waals surface area (Å²) >= 11 is 0. The Kier molecular flexibility index (Phi) is 6.20. The Labute approximate surface area is 204 Å². The fourth-order valence-corrected chi connectivity index (χ4v) is 5.85. The molecular formula is C29H28O6. The minimum Gasteiger partial charge on any atom is -0.496 e. The Bertz CT molecular complexity index is 1170. The summed E-state index contributed by atoms with van der Waals surface area (Å²) in [6.45, 7) is 0. The van der Waals surface area contributed by atoms with Gasteiger partial charge in [-0.2, -0.15) is 0 Å². The van der Waals surface area contributed by atoms with Crippen molar-refractivity contribution in [3.8, 4) is 11.5 Å². The van der Waals surface area contributed by atoms with Crippen LogP contribution >= 0.6 is 0 Å². The Morgan fingerprint density at radius 1 is 0.714 bits per heavy atom. The summed E-state index contributed by atoms with van der Waals surface area (Å²) in [4.78, 5) is 26.3. The average Bonchev–Trinajstić information content (AvgIpc) is 3.26. The lowest BCUT2D eigenvalue weighted by atomic mass is 9.52. The SMILES string of the molecule is COc1ccccc1C1C(C(=O)O)C(c2ccccc2OC)C1C(=O)OC1Cc2ccccc2C1. The second-order valence-electron chi connectivity index (χ2n) is 9.16. The minimum absolute atomic E-state index is 0.264. The standard InChI is InChI=1S/C29H28O6/c1-33-22-13-7-5-11-20(22)24-26(28(30)31)25(21-12-6-8-14-23(21)34-2)27(24)29(32)35-19-15-17-9-3-4-10-18(17)16-19/h3-14,19,24-27H,15-16H2,1-2H3,(H,30,31). The maximum Gasteiger partial charge on any atom is 0.310 e. The fourth-order valence-electron chi connectivity index (χ4n) is 5.85. The predicted molar refractivity (Wildman–Crippen MR) is 130 cm³/mol. The van der Waals surface area contributed by atoms with E-state index in [-0.39, 0.29) is 12.1 Å². The minimum atomic E-state index is -0.964. The van der Waals surface area contributed by atoms with Gasteiger partial charge in [-0.15, -0.1) is 0 Å². The molecule has 0 bridgehead atoms. The van der Waals surface area contributed by atoms with Gasteiger partial charge in [-0.3, -0.25) is 9.59 Å². The number of hydrogen-bond donors (Lipinski definition) is 1. The fraction of sp³-hybridized carbons (Fsp3) is 0.310. The maximum atomic E-state index is 13.8. The van der Waals surface area contributed by atoms with Crippen LogP contribution < -0.4 is 9.47 Å². The first kappa shape index (κ1) is 23.0. The summed E-state index contributed by atoms with van der Waals surface area (Å²) in [5.41, 5.74) is 3.77. The molecule has 35 heavy (non-hydrogen) atoms. The quantitative estimate of drug-likeness (QED) is 0.506. The number of aliphatic carboxylic acids is 1. The van der Waals surface area contributed by atoms with Crippen LogP contribution in [0, 0.1) is 11.8 Å². The van der Waals surface area contributed by atoms with Crippen LogP contribution in [0.4, 0.5) is 0 Å². The van der Waals surface area contributed by atoms with Crippen molar-refractivity contribution < 1.29 is 28.9 Å². The predicted octanol–water partition coefficient (Wildman–Crippen LogP) is 4.61. The molecule has 0 amide bonds. The molecule has 5 rings (SSSR count). The molecule has 180 valence electrons. The second-order valence-corrected chi connectivity index (χ2v) is 9.16. The number of methoxy groups -OCH3 is 2. The van der Waals surface area contributed by atoms with Crippen LogP contribution in [0.1, 0.15) is 34.1 Å². The number of ether oxygens (including phenoxy) is 3. The lowest BCUT2D eigenvalue weighted by Crippen LogP contribution is -2.52. The number of esters is 1. The lowest BCUT2D eigenvalue weighted by molar-refractivity contribution is -0.167. The van der Waals surface area contributed by atoms with Crippen molar-refractivity contribution in [2.24, 2.45) is 11.8 Å². The summed E-state index contributed by atoms with van der Waals surface area (Å²) in [5, 5.41) is 10.3. The second kappa shape index (κ2) is 9.45. The van der Waals surface area contributed by atoms with Crippen molar-refractivity contribution in [1.82, 2.24) is 0 Å². The van der Waals surface area contributed by atoms with Gasteiger partial charge in [-0.05, 0) is 34.4 Å². The molecule has 1 saturated carbocycles. The van der Waals surface area contributed by atoms with Crippen molar-refractivity contribution in [3.63, 3.8) is 0 Å². The Morgan fingerprint density at radius 3 is 1.63 bits per heavy atom. The van der Waals surface area contributed by atoms with Gasteiger partial charge in [0.05, 0.1) is 26.1 Å². The van der Waals surface area contributed by atoms with E-state index in [2.05, 4.69) is 12.1 Å². The van der Waals surface area contributed by atoms with Crippen LogP contribution in [0.3, 0.4) is 0 Å². The lowest BCUT2D eigenvalue weighted by Gasteiger charge is -2.49. The molecule has 0 heterocycles. The van der Waals surface area contributed by atoms with Crippen LogP contribution in [-0.4, -0.2) is 37.4 Å². The highest BCUT2D eigenvalue weighted by Gasteiger charge is 2.60. The van der Waals surface area contributed by atoms with Crippen molar-refractivity contribution in [2.45, 2.75) is 30.8 Å². The van der Waals surface area contributed by atoms with E-state index in [4.69, 9.17) is 14.2 Å². The van der Waals surface area contributed by atoms with Gasteiger partial charge < -0.3 is 19.3 Å². The zero-order chi connectivity index (χ0) is 24.5.